The Hall–Kier alpha value is -0.900. The maximum atomic E-state index is 5.82. The van der Waals surface area contributed by atoms with Gasteiger partial charge in [-0.05, 0) is 56.9 Å². The van der Waals surface area contributed by atoms with Crippen LogP contribution in [0.5, 0.6) is 0 Å². The van der Waals surface area contributed by atoms with Crippen molar-refractivity contribution in [2.24, 2.45) is 10.9 Å². The summed E-state index contributed by atoms with van der Waals surface area (Å²) in [6, 6.07) is 8.97. The molecule has 1 heterocycles. The van der Waals surface area contributed by atoms with Crippen LogP contribution < -0.4 is 10.6 Å². The van der Waals surface area contributed by atoms with Gasteiger partial charge in [0.2, 0.25) is 0 Å². The fourth-order valence-corrected chi connectivity index (χ4v) is 3.84. The normalized spacial score (nSPS) is 17.2. The van der Waals surface area contributed by atoms with Crippen LogP contribution in [-0.2, 0) is 17.8 Å². The lowest BCUT2D eigenvalue weighted by Gasteiger charge is -2.21. The molecule has 0 aromatic heterocycles. The third kappa shape index (κ3) is 11.0. The lowest BCUT2D eigenvalue weighted by molar-refractivity contribution is 0.0258. The Morgan fingerprint density at radius 1 is 1.06 bits per heavy atom. The zero-order chi connectivity index (χ0) is 21.8. The van der Waals surface area contributed by atoms with Crippen LogP contribution in [-0.4, -0.2) is 75.3 Å². The first-order valence-electron chi connectivity index (χ1n) is 11.6. The number of likely N-dealkylation sites (N-methyl/N-ethyl adjacent to an activating group) is 1. The fourth-order valence-electron chi connectivity index (χ4n) is 3.84. The molecule has 0 amide bonds. The molecule has 1 fully saturated rings. The summed E-state index contributed by atoms with van der Waals surface area (Å²) in [6.07, 6.45) is 2.53. The largest absolute Gasteiger partial charge is 0.378 e. The molecule has 1 aromatic rings. The van der Waals surface area contributed by atoms with Crippen molar-refractivity contribution in [2.45, 2.75) is 52.8 Å². The van der Waals surface area contributed by atoms with E-state index in [1.54, 1.807) is 0 Å². The van der Waals surface area contributed by atoms with Gasteiger partial charge in [0.05, 0.1) is 6.10 Å². The lowest BCUT2D eigenvalue weighted by atomic mass is 10.0. The van der Waals surface area contributed by atoms with Gasteiger partial charge >= 0.3 is 0 Å². The SMILES string of the molecule is CCOC(CCNC(=NC)NCc1ccc(CN2CCCN(C)CC2)cc1)C(C)C.I. The molecule has 1 aliphatic heterocycles. The van der Waals surface area contributed by atoms with Crippen molar-refractivity contribution >= 4 is 29.9 Å². The second-order valence-corrected chi connectivity index (χ2v) is 8.63. The van der Waals surface area contributed by atoms with E-state index in [9.17, 15) is 0 Å². The number of hydrogen-bond acceptors (Lipinski definition) is 4. The van der Waals surface area contributed by atoms with Crippen LogP contribution in [0, 0.1) is 5.92 Å². The molecule has 0 spiro atoms. The molecule has 1 unspecified atom stereocenters. The molecule has 31 heavy (non-hydrogen) atoms. The molecule has 1 saturated heterocycles. The van der Waals surface area contributed by atoms with Crippen molar-refractivity contribution in [2.75, 3.05) is 53.4 Å². The van der Waals surface area contributed by atoms with Gasteiger partial charge in [-0.25, -0.2) is 0 Å². The van der Waals surface area contributed by atoms with Gasteiger partial charge in [-0.15, -0.1) is 24.0 Å². The maximum Gasteiger partial charge on any atom is 0.191 e. The number of nitrogens with zero attached hydrogens (tertiary/aromatic N) is 3. The molecule has 1 aliphatic rings. The molecule has 1 atom stereocenters. The van der Waals surface area contributed by atoms with E-state index >= 15 is 0 Å². The molecule has 0 aliphatic carbocycles. The number of nitrogens with one attached hydrogen (secondary N) is 2. The van der Waals surface area contributed by atoms with Gasteiger partial charge in [-0.1, -0.05) is 38.1 Å². The molecular weight excluding hydrogens is 501 g/mol. The summed E-state index contributed by atoms with van der Waals surface area (Å²) < 4.78 is 5.82. The Balaban J connectivity index is 0.00000480. The number of hydrogen-bond donors (Lipinski definition) is 2. The molecule has 0 radical (unpaired) electrons. The monoisotopic (exact) mass is 545 g/mol. The van der Waals surface area contributed by atoms with Crippen molar-refractivity contribution < 1.29 is 4.74 Å². The van der Waals surface area contributed by atoms with Gasteiger partial charge in [0.25, 0.3) is 0 Å². The highest BCUT2D eigenvalue weighted by Gasteiger charge is 2.13. The van der Waals surface area contributed by atoms with E-state index in [2.05, 4.69) is 77.5 Å². The van der Waals surface area contributed by atoms with Crippen LogP contribution in [0.3, 0.4) is 0 Å². The van der Waals surface area contributed by atoms with Gasteiger partial charge in [0.15, 0.2) is 5.96 Å². The van der Waals surface area contributed by atoms with E-state index in [0.717, 1.165) is 51.7 Å². The summed E-state index contributed by atoms with van der Waals surface area (Å²) in [5.41, 5.74) is 2.66. The summed E-state index contributed by atoms with van der Waals surface area (Å²) in [5, 5.41) is 6.82. The van der Waals surface area contributed by atoms with Crippen molar-refractivity contribution in [1.82, 2.24) is 20.4 Å². The van der Waals surface area contributed by atoms with Crippen LogP contribution in [0.25, 0.3) is 0 Å². The average molecular weight is 546 g/mol. The minimum absolute atomic E-state index is 0. The van der Waals surface area contributed by atoms with Crippen LogP contribution in [0.1, 0.15) is 44.7 Å². The van der Waals surface area contributed by atoms with E-state index < -0.39 is 0 Å². The topological polar surface area (TPSA) is 52.1 Å². The zero-order valence-corrected chi connectivity index (χ0v) is 22.5. The Labute approximate surface area is 207 Å². The average Bonchev–Trinajstić information content (AvgIpc) is 2.94. The van der Waals surface area contributed by atoms with Crippen molar-refractivity contribution in [1.29, 1.82) is 0 Å². The highest BCUT2D eigenvalue weighted by Crippen LogP contribution is 2.11. The predicted octanol–water partition coefficient (Wildman–Crippen LogP) is 3.56. The molecule has 7 heteroatoms. The summed E-state index contributed by atoms with van der Waals surface area (Å²) in [4.78, 5) is 9.33. The second-order valence-electron chi connectivity index (χ2n) is 8.63. The molecule has 178 valence electrons. The quantitative estimate of drug-likeness (QED) is 0.268. The van der Waals surface area contributed by atoms with Gasteiger partial charge in [0, 0.05) is 46.4 Å². The van der Waals surface area contributed by atoms with Crippen molar-refractivity contribution in [3.8, 4) is 0 Å². The van der Waals surface area contributed by atoms with E-state index in [-0.39, 0.29) is 30.1 Å². The molecule has 0 bridgehead atoms. The first-order chi connectivity index (χ1) is 14.5. The summed E-state index contributed by atoms with van der Waals surface area (Å²) in [5.74, 6) is 1.36. The minimum atomic E-state index is 0. The highest BCUT2D eigenvalue weighted by atomic mass is 127. The molecule has 6 nitrogen and oxygen atoms in total. The molecule has 2 rings (SSSR count). The third-order valence-corrected chi connectivity index (χ3v) is 5.77. The fraction of sp³-hybridized carbons (Fsp3) is 0.708. The number of guanidine groups is 1. The van der Waals surface area contributed by atoms with Gasteiger partial charge in [0.1, 0.15) is 0 Å². The third-order valence-electron chi connectivity index (χ3n) is 5.77. The zero-order valence-electron chi connectivity index (χ0n) is 20.2. The first kappa shape index (κ1) is 28.1. The Kier molecular flexibility index (Phi) is 14.4. The van der Waals surface area contributed by atoms with Gasteiger partial charge < -0.3 is 20.3 Å². The highest BCUT2D eigenvalue weighted by molar-refractivity contribution is 14.0. The number of rotatable bonds is 10. The van der Waals surface area contributed by atoms with E-state index in [4.69, 9.17) is 4.74 Å². The Bertz CT molecular complexity index is 623. The number of halogens is 1. The van der Waals surface area contributed by atoms with Crippen LogP contribution in [0.15, 0.2) is 29.3 Å². The Morgan fingerprint density at radius 2 is 1.77 bits per heavy atom. The lowest BCUT2D eigenvalue weighted by Crippen LogP contribution is -2.38. The van der Waals surface area contributed by atoms with E-state index in [1.807, 2.05) is 7.05 Å². The smallest absolute Gasteiger partial charge is 0.191 e. The molecular formula is C24H44IN5O. The number of benzene rings is 1. The first-order valence-corrected chi connectivity index (χ1v) is 11.6. The van der Waals surface area contributed by atoms with Crippen LogP contribution in [0.2, 0.25) is 0 Å². The maximum absolute atomic E-state index is 5.82. The summed E-state index contributed by atoms with van der Waals surface area (Å²) >= 11 is 0. The van der Waals surface area contributed by atoms with E-state index in [1.165, 1.54) is 30.6 Å². The van der Waals surface area contributed by atoms with Crippen molar-refractivity contribution in [3.63, 3.8) is 0 Å². The molecule has 1 aromatic carbocycles. The molecule has 2 N–H and O–H groups in total. The van der Waals surface area contributed by atoms with Crippen LogP contribution >= 0.6 is 24.0 Å². The number of ether oxygens (including phenoxy) is 1. The van der Waals surface area contributed by atoms with Gasteiger partial charge in [-0.2, -0.15) is 0 Å². The standard InChI is InChI=1S/C24H43N5O.HI/c1-6-30-23(20(2)3)12-13-26-24(25-4)27-18-21-8-10-22(11-9-21)19-29-15-7-14-28(5)16-17-29;/h8-11,20,23H,6-7,12-19H2,1-5H3,(H2,25,26,27);1H. The predicted molar refractivity (Wildman–Crippen MR) is 142 cm³/mol. The van der Waals surface area contributed by atoms with E-state index in [0.29, 0.717) is 5.92 Å². The summed E-state index contributed by atoms with van der Waals surface area (Å²) in [7, 11) is 4.04. The van der Waals surface area contributed by atoms with Crippen molar-refractivity contribution in [3.05, 3.63) is 35.4 Å². The molecule has 0 saturated carbocycles. The van der Waals surface area contributed by atoms with Crippen LogP contribution in [0.4, 0.5) is 0 Å². The summed E-state index contributed by atoms with van der Waals surface area (Å²) in [6.45, 7) is 14.6. The van der Waals surface area contributed by atoms with Gasteiger partial charge in [-0.3, -0.25) is 9.89 Å². The second kappa shape index (κ2) is 15.8. The Morgan fingerprint density at radius 3 is 2.42 bits per heavy atom. The minimum Gasteiger partial charge on any atom is -0.378 e. The number of aliphatic imine (C=N–C) groups is 1.